The molecule has 150 valence electrons. The SMILES string of the molecule is COC(=O)CCOc1ccc(NC(=O)c2nnn(C3CCNCC3)c2C)cc1. The number of benzene rings is 1. The smallest absolute Gasteiger partial charge is 0.308 e. The Hall–Kier alpha value is -2.94. The summed E-state index contributed by atoms with van der Waals surface area (Å²) in [6, 6.07) is 7.20. The van der Waals surface area contributed by atoms with E-state index in [0.717, 1.165) is 31.6 Å². The number of piperidine rings is 1. The molecule has 2 N–H and O–H groups in total. The molecule has 1 amide bonds. The van der Waals surface area contributed by atoms with Crippen LogP contribution < -0.4 is 15.4 Å². The highest BCUT2D eigenvalue weighted by atomic mass is 16.5. The van der Waals surface area contributed by atoms with Crippen molar-refractivity contribution in [3.8, 4) is 5.75 Å². The van der Waals surface area contributed by atoms with E-state index in [4.69, 9.17) is 4.74 Å². The number of rotatable bonds is 7. The lowest BCUT2D eigenvalue weighted by Gasteiger charge is -2.23. The molecule has 3 rings (SSSR count). The topological polar surface area (TPSA) is 107 Å². The van der Waals surface area contributed by atoms with Crippen molar-refractivity contribution in [1.29, 1.82) is 0 Å². The first-order chi connectivity index (χ1) is 13.6. The molecule has 2 aromatic rings. The Morgan fingerprint density at radius 2 is 1.96 bits per heavy atom. The second-order valence-electron chi connectivity index (χ2n) is 6.60. The summed E-state index contributed by atoms with van der Waals surface area (Å²) in [6.07, 6.45) is 2.13. The number of carbonyl (C=O) groups excluding carboxylic acids is 2. The fraction of sp³-hybridized carbons (Fsp3) is 0.474. The van der Waals surface area contributed by atoms with E-state index in [-0.39, 0.29) is 30.9 Å². The van der Waals surface area contributed by atoms with Gasteiger partial charge >= 0.3 is 5.97 Å². The number of aromatic nitrogens is 3. The van der Waals surface area contributed by atoms with Gasteiger partial charge in [0.15, 0.2) is 5.69 Å². The summed E-state index contributed by atoms with van der Waals surface area (Å²) in [5.41, 5.74) is 1.73. The summed E-state index contributed by atoms with van der Waals surface area (Å²) in [6.45, 7) is 3.99. The van der Waals surface area contributed by atoms with Gasteiger partial charge in [0.1, 0.15) is 5.75 Å². The number of methoxy groups -OCH3 is 1. The summed E-state index contributed by atoms with van der Waals surface area (Å²) in [5, 5.41) is 14.4. The van der Waals surface area contributed by atoms with Gasteiger partial charge in [-0.15, -0.1) is 5.10 Å². The van der Waals surface area contributed by atoms with Gasteiger partial charge in [0, 0.05) is 5.69 Å². The minimum atomic E-state index is -0.322. The van der Waals surface area contributed by atoms with E-state index in [1.165, 1.54) is 7.11 Å². The molecule has 0 unspecified atom stereocenters. The number of esters is 1. The molecule has 1 saturated heterocycles. The van der Waals surface area contributed by atoms with E-state index in [1.54, 1.807) is 24.3 Å². The van der Waals surface area contributed by atoms with Crippen molar-refractivity contribution >= 4 is 17.6 Å². The van der Waals surface area contributed by atoms with Crippen molar-refractivity contribution in [2.45, 2.75) is 32.2 Å². The molecular formula is C19H25N5O4. The number of hydrogen-bond acceptors (Lipinski definition) is 7. The molecule has 1 fully saturated rings. The van der Waals surface area contributed by atoms with Crippen LogP contribution in [0.1, 0.15) is 41.5 Å². The fourth-order valence-corrected chi connectivity index (χ4v) is 3.13. The third-order valence-corrected chi connectivity index (χ3v) is 4.71. The monoisotopic (exact) mass is 387 g/mol. The second kappa shape index (κ2) is 9.32. The van der Waals surface area contributed by atoms with Gasteiger partial charge in [0.2, 0.25) is 0 Å². The molecule has 0 atom stereocenters. The Bertz CT molecular complexity index is 812. The summed E-state index contributed by atoms with van der Waals surface area (Å²) >= 11 is 0. The molecule has 28 heavy (non-hydrogen) atoms. The third kappa shape index (κ3) is 4.86. The molecule has 0 aliphatic carbocycles. The summed E-state index contributed by atoms with van der Waals surface area (Å²) in [7, 11) is 1.34. The Labute approximate surface area is 163 Å². The number of carbonyl (C=O) groups is 2. The maximum Gasteiger partial charge on any atom is 0.308 e. The van der Waals surface area contributed by atoms with Gasteiger partial charge in [-0.3, -0.25) is 9.59 Å². The van der Waals surface area contributed by atoms with E-state index in [9.17, 15) is 9.59 Å². The van der Waals surface area contributed by atoms with E-state index >= 15 is 0 Å². The van der Waals surface area contributed by atoms with Crippen LogP contribution in [0.15, 0.2) is 24.3 Å². The van der Waals surface area contributed by atoms with Crippen LogP contribution in [0.5, 0.6) is 5.75 Å². The number of amides is 1. The lowest BCUT2D eigenvalue weighted by Crippen LogP contribution is -2.30. The molecule has 1 aromatic heterocycles. The minimum absolute atomic E-state index is 0.182. The normalized spacial score (nSPS) is 14.5. The van der Waals surface area contributed by atoms with Crippen LogP contribution >= 0.6 is 0 Å². The van der Waals surface area contributed by atoms with Crippen LogP contribution in [0.2, 0.25) is 0 Å². The zero-order valence-electron chi connectivity index (χ0n) is 16.1. The zero-order valence-corrected chi connectivity index (χ0v) is 16.1. The average Bonchev–Trinajstić information content (AvgIpc) is 3.11. The maximum atomic E-state index is 12.6. The average molecular weight is 387 g/mol. The largest absolute Gasteiger partial charge is 0.493 e. The molecule has 9 nitrogen and oxygen atoms in total. The molecule has 1 aliphatic heterocycles. The first-order valence-electron chi connectivity index (χ1n) is 9.32. The molecule has 1 aromatic carbocycles. The van der Waals surface area contributed by atoms with Gasteiger partial charge in [0.25, 0.3) is 5.91 Å². The molecule has 1 aliphatic rings. The van der Waals surface area contributed by atoms with E-state index in [1.807, 2.05) is 11.6 Å². The first kappa shape index (κ1) is 19.8. The standard InChI is InChI=1S/C19H25N5O4/c1-13-18(22-23-24(13)15-7-10-20-11-8-15)19(26)21-14-3-5-16(6-4-14)28-12-9-17(25)27-2/h3-6,15,20H,7-12H2,1-2H3,(H,21,26). The van der Waals surface area contributed by atoms with Crippen LogP contribution in [-0.4, -0.2) is 53.7 Å². The molecule has 0 radical (unpaired) electrons. The van der Waals surface area contributed by atoms with Gasteiger partial charge in [0.05, 0.1) is 31.9 Å². The lowest BCUT2D eigenvalue weighted by atomic mass is 10.1. The number of ether oxygens (including phenoxy) is 2. The molecule has 0 saturated carbocycles. The highest BCUT2D eigenvalue weighted by Crippen LogP contribution is 2.21. The van der Waals surface area contributed by atoms with Gasteiger partial charge in [-0.25, -0.2) is 4.68 Å². The summed E-state index contributed by atoms with van der Waals surface area (Å²) in [5.74, 6) is -0.0104. The zero-order chi connectivity index (χ0) is 19.9. The van der Waals surface area contributed by atoms with Gasteiger partial charge in [-0.1, -0.05) is 5.21 Å². The highest BCUT2D eigenvalue weighted by molar-refractivity contribution is 6.03. The summed E-state index contributed by atoms with van der Waals surface area (Å²) < 4.78 is 11.9. The van der Waals surface area contributed by atoms with Crippen LogP contribution in [0, 0.1) is 6.92 Å². The molecule has 0 spiro atoms. The molecule has 2 heterocycles. The van der Waals surface area contributed by atoms with Crippen molar-refractivity contribution in [2.24, 2.45) is 0 Å². The predicted molar refractivity (Wildman–Crippen MR) is 102 cm³/mol. The van der Waals surface area contributed by atoms with Crippen molar-refractivity contribution in [3.63, 3.8) is 0 Å². The summed E-state index contributed by atoms with van der Waals surface area (Å²) in [4.78, 5) is 23.7. The third-order valence-electron chi connectivity index (χ3n) is 4.71. The number of nitrogens with one attached hydrogen (secondary N) is 2. The Morgan fingerprint density at radius 3 is 2.64 bits per heavy atom. The quantitative estimate of drug-likeness (QED) is 0.696. The first-order valence-corrected chi connectivity index (χ1v) is 9.32. The van der Waals surface area contributed by atoms with Gasteiger partial charge in [-0.05, 0) is 57.1 Å². The van der Waals surface area contributed by atoms with Crippen LogP contribution in [-0.2, 0) is 9.53 Å². The minimum Gasteiger partial charge on any atom is -0.493 e. The lowest BCUT2D eigenvalue weighted by molar-refractivity contribution is -0.141. The Balaban J connectivity index is 1.57. The van der Waals surface area contributed by atoms with Crippen molar-refractivity contribution in [2.75, 3.05) is 32.1 Å². The molecular weight excluding hydrogens is 362 g/mol. The predicted octanol–water partition coefficient (Wildman–Crippen LogP) is 1.71. The van der Waals surface area contributed by atoms with Crippen LogP contribution in [0.4, 0.5) is 5.69 Å². The molecule has 9 heteroatoms. The van der Waals surface area contributed by atoms with E-state index < -0.39 is 0 Å². The van der Waals surface area contributed by atoms with Gasteiger partial charge in [-0.2, -0.15) is 0 Å². The van der Waals surface area contributed by atoms with Gasteiger partial charge < -0.3 is 20.1 Å². The van der Waals surface area contributed by atoms with E-state index in [0.29, 0.717) is 17.1 Å². The van der Waals surface area contributed by atoms with Crippen molar-refractivity contribution in [3.05, 3.63) is 35.7 Å². The maximum absolute atomic E-state index is 12.6. The fourth-order valence-electron chi connectivity index (χ4n) is 3.13. The number of nitrogens with zero attached hydrogens (tertiary/aromatic N) is 3. The second-order valence-corrected chi connectivity index (χ2v) is 6.60. The number of hydrogen-bond donors (Lipinski definition) is 2. The Kier molecular flexibility index (Phi) is 6.59. The van der Waals surface area contributed by atoms with Crippen molar-refractivity contribution < 1.29 is 19.1 Å². The van der Waals surface area contributed by atoms with E-state index in [2.05, 4.69) is 25.7 Å². The Morgan fingerprint density at radius 1 is 1.25 bits per heavy atom. The van der Waals surface area contributed by atoms with Crippen molar-refractivity contribution in [1.82, 2.24) is 20.3 Å². The highest BCUT2D eigenvalue weighted by Gasteiger charge is 2.22. The number of anilines is 1. The van der Waals surface area contributed by atoms with Crippen LogP contribution in [0.3, 0.4) is 0 Å². The van der Waals surface area contributed by atoms with Crippen LogP contribution in [0.25, 0.3) is 0 Å². The molecule has 0 bridgehead atoms.